The van der Waals surface area contributed by atoms with Gasteiger partial charge in [0.25, 0.3) is 5.91 Å². The summed E-state index contributed by atoms with van der Waals surface area (Å²) in [7, 11) is -4.64. The van der Waals surface area contributed by atoms with Gasteiger partial charge < -0.3 is 11.1 Å². The van der Waals surface area contributed by atoms with E-state index in [0.717, 1.165) is 12.1 Å². The van der Waals surface area contributed by atoms with Crippen molar-refractivity contribution in [1.29, 1.82) is 0 Å². The Bertz CT molecular complexity index is 584. The van der Waals surface area contributed by atoms with Crippen molar-refractivity contribution < 1.29 is 22.0 Å². The molecule has 5 nitrogen and oxygen atoms in total. The molecule has 1 aromatic carbocycles. The van der Waals surface area contributed by atoms with Gasteiger partial charge in [-0.15, -0.1) is 12.4 Å². The maximum absolute atomic E-state index is 12.3. The standard InChI is InChI=1S/C12H16F2N2O3S.ClH/c1-12(2,15)7-16-10(17)8-3-5-9(6-4-8)20(18,19)11(13)14;/h3-6,11H,7,15H2,1-2H3,(H,16,17);1H. The molecule has 0 radical (unpaired) electrons. The molecule has 9 heteroatoms. The van der Waals surface area contributed by atoms with Gasteiger partial charge in [-0.05, 0) is 38.1 Å². The molecule has 1 amide bonds. The topological polar surface area (TPSA) is 89.3 Å². The summed E-state index contributed by atoms with van der Waals surface area (Å²) in [6.45, 7) is 3.68. The predicted molar refractivity (Wildman–Crippen MR) is 77.5 cm³/mol. The highest BCUT2D eigenvalue weighted by molar-refractivity contribution is 7.91. The van der Waals surface area contributed by atoms with Crippen LogP contribution in [0.2, 0.25) is 0 Å². The molecule has 21 heavy (non-hydrogen) atoms. The summed E-state index contributed by atoms with van der Waals surface area (Å²) in [5, 5.41) is 2.56. The zero-order valence-electron chi connectivity index (χ0n) is 11.5. The van der Waals surface area contributed by atoms with E-state index in [1.807, 2.05) is 0 Å². The van der Waals surface area contributed by atoms with Crippen LogP contribution in [0.15, 0.2) is 29.2 Å². The monoisotopic (exact) mass is 342 g/mol. The minimum Gasteiger partial charge on any atom is -0.350 e. The Morgan fingerprint density at radius 1 is 1.29 bits per heavy atom. The second-order valence-electron chi connectivity index (χ2n) is 5.00. The molecule has 0 spiro atoms. The van der Waals surface area contributed by atoms with Gasteiger partial charge in [0.05, 0.1) is 4.90 Å². The summed E-state index contributed by atoms with van der Waals surface area (Å²) in [5.41, 5.74) is 5.28. The van der Waals surface area contributed by atoms with Crippen LogP contribution in [0.25, 0.3) is 0 Å². The van der Waals surface area contributed by atoms with Gasteiger partial charge >= 0.3 is 5.76 Å². The quantitative estimate of drug-likeness (QED) is 0.850. The van der Waals surface area contributed by atoms with Crippen LogP contribution < -0.4 is 11.1 Å². The van der Waals surface area contributed by atoms with Crippen molar-refractivity contribution in [2.45, 2.75) is 30.0 Å². The number of hydrogen-bond donors (Lipinski definition) is 2. The van der Waals surface area contributed by atoms with E-state index in [9.17, 15) is 22.0 Å². The summed E-state index contributed by atoms with van der Waals surface area (Å²) in [6, 6.07) is 4.30. The van der Waals surface area contributed by atoms with Gasteiger partial charge in [-0.1, -0.05) is 0 Å². The summed E-state index contributed by atoms with van der Waals surface area (Å²) < 4.78 is 47.1. The fraction of sp³-hybridized carbons (Fsp3) is 0.417. The largest absolute Gasteiger partial charge is 0.350 e. The molecule has 3 N–H and O–H groups in total. The Morgan fingerprint density at radius 3 is 2.14 bits per heavy atom. The lowest BCUT2D eigenvalue weighted by Crippen LogP contribution is -2.45. The lowest BCUT2D eigenvalue weighted by atomic mass is 10.1. The number of benzene rings is 1. The summed E-state index contributed by atoms with van der Waals surface area (Å²) in [4.78, 5) is 11.2. The Kier molecular flexibility index (Phi) is 6.72. The first-order valence-electron chi connectivity index (χ1n) is 5.73. The molecule has 0 heterocycles. The number of halogens is 3. The Hall–Kier alpha value is -1.25. The van der Waals surface area contributed by atoms with Crippen molar-refractivity contribution >= 4 is 28.2 Å². The molecular weight excluding hydrogens is 326 g/mol. The highest BCUT2D eigenvalue weighted by atomic mass is 35.5. The minimum absolute atomic E-state index is 0. The first-order valence-corrected chi connectivity index (χ1v) is 7.28. The van der Waals surface area contributed by atoms with Gasteiger partial charge in [-0.25, -0.2) is 8.42 Å². The van der Waals surface area contributed by atoms with Gasteiger partial charge in [0, 0.05) is 17.6 Å². The highest BCUT2D eigenvalue weighted by Gasteiger charge is 2.26. The first-order chi connectivity index (χ1) is 9.04. The molecule has 0 aromatic heterocycles. The molecule has 0 aliphatic heterocycles. The van der Waals surface area contributed by atoms with E-state index in [-0.39, 0.29) is 24.5 Å². The molecule has 0 atom stereocenters. The molecule has 1 rings (SSSR count). The summed E-state index contributed by atoms with van der Waals surface area (Å²) >= 11 is 0. The van der Waals surface area contributed by atoms with Gasteiger partial charge in [0.1, 0.15) is 0 Å². The van der Waals surface area contributed by atoms with Crippen molar-refractivity contribution in [2.24, 2.45) is 5.73 Å². The van der Waals surface area contributed by atoms with Crippen molar-refractivity contribution in [1.82, 2.24) is 5.32 Å². The van der Waals surface area contributed by atoms with Gasteiger partial charge in [-0.3, -0.25) is 4.79 Å². The molecule has 0 aliphatic carbocycles. The fourth-order valence-corrected chi connectivity index (χ4v) is 2.03. The number of carbonyl (C=O) groups excluding carboxylic acids is 1. The lowest BCUT2D eigenvalue weighted by molar-refractivity contribution is 0.0946. The third-order valence-electron chi connectivity index (χ3n) is 2.38. The van der Waals surface area contributed by atoms with Crippen LogP contribution in [0.4, 0.5) is 8.78 Å². The number of nitrogens with two attached hydrogens (primary N) is 1. The van der Waals surface area contributed by atoms with Crippen LogP contribution in [0, 0.1) is 0 Å². The SMILES string of the molecule is CC(C)(N)CNC(=O)c1ccc(S(=O)(=O)C(F)F)cc1.Cl. The van der Waals surface area contributed by atoms with Crippen molar-refractivity contribution in [3.05, 3.63) is 29.8 Å². The molecule has 120 valence electrons. The van der Waals surface area contributed by atoms with E-state index in [1.165, 1.54) is 12.1 Å². The average Bonchev–Trinajstić information content (AvgIpc) is 2.35. The highest BCUT2D eigenvalue weighted by Crippen LogP contribution is 2.18. The van der Waals surface area contributed by atoms with Crippen molar-refractivity contribution in [3.8, 4) is 0 Å². The zero-order chi connectivity index (χ0) is 15.6. The van der Waals surface area contributed by atoms with E-state index < -0.39 is 31.9 Å². The van der Waals surface area contributed by atoms with Crippen LogP contribution in [-0.2, 0) is 9.84 Å². The minimum atomic E-state index is -4.64. The lowest BCUT2D eigenvalue weighted by Gasteiger charge is -2.18. The number of alkyl halides is 2. The number of nitrogens with one attached hydrogen (secondary N) is 1. The summed E-state index contributed by atoms with van der Waals surface area (Å²) in [6.07, 6.45) is 0. The molecular formula is C12H17ClF2N2O3S. The maximum atomic E-state index is 12.3. The van der Waals surface area contributed by atoms with Gasteiger partial charge in [0.15, 0.2) is 0 Å². The van der Waals surface area contributed by atoms with Gasteiger partial charge in [0.2, 0.25) is 9.84 Å². The van der Waals surface area contributed by atoms with Crippen LogP contribution in [-0.4, -0.2) is 32.2 Å². The number of sulfone groups is 1. The number of carbonyl (C=O) groups is 1. The van der Waals surface area contributed by atoms with Crippen molar-refractivity contribution in [2.75, 3.05) is 6.54 Å². The maximum Gasteiger partial charge on any atom is 0.341 e. The van der Waals surface area contributed by atoms with Gasteiger partial charge in [-0.2, -0.15) is 8.78 Å². The Labute approximate surface area is 128 Å². The predicted octanol–water partition coefficient (Wildman–Crippen LogP) is 1.57. The van der Waals surface area contributed by atoms with Crippen LogP contribution in [0.1, 0.15) is 24.2 Å². The smallest absolute Gasteiger partial charge is 0.341 e. The molecule has 0 fully saturated rings. The van der Waals surface area contributed by atoms with Crippen LogP contribution >= 0.6 is 12.4 Å². The Balaban J connectivity index is 0.00000400. The van der Waals surface area contributed by atoms with Crippen LogP contribution in [0.3, 0.4) is 0 Å². The Morgan fingerprint density at radius 2 is 1.76 bits per heavy atom. The van der Waals surface area contributed by atoms with Crippen LogP contribution in [0.5, 0.6) is 0 Å². The van der Waals surface area contributed by atoms with E-state index in [2.05, 4.69) is 5.32 Å². The second-order valence-corrected chi connectivity index (χ2v) is 6.92. The number of rotatable bonds is 5. The van der Waals surface area contributed by atoms with E-state index in [0.29, 0.717) is 0 Å². The normalized spacial score (nSPS) is 11.9. The molecule has 1 aromatic rings. The third-order valence-corrected chi connectivity index (χ3v) is 3.78. The molecule has 0 saturated carbocycles. The second kappa shape index (κ2) is 7.15. The number of hydrogen-bond acceptors (Lipinski definition) is 4. The summed E-state index contributed by atoms with van der Waals surface area (Å²) in [5.74, 6) is -3.94. The molecule has 0 aliphatic rings. The van der Waals surface area contributed by atoms with Crippen molar-refractivity contribution in [3.63, 3.8) is 0 Å². The molecule has 0 unspecified atom stereocenters. The molecule has 0 bridgehead atoms. The van der Waals surface area contributed by atoms with E-state index >= 15 is 0 Å². The van der Waals surface area contributed by atoms with E-state index in [4.69, 9.17) is 5.73 Å². The zero-order valence-corrected chi connectivity index (χ0v) is 13.1. The first kappa shape index (κ1) is 19.8. The van der Waals surface area contributed by atoms with E-state index in [1.54, 1.807) is 13.8 Å². The average molecular weight is 343 g/mol. The third kappa shape index (κ3) is 5.56. The number of amides is 1. The fourth-order valence-electron chi connectivity index (χ4n) is 1.31. The molecule has 0 saturated heterocycles.